The Hall–Kier alpha value is -2.17. The summed E-state index contributed by atoms with van der Waals surface area (Å²) in [6, 6.07) is 1.58. The molecule has 1 heterocycles. The zero-order chi connectivity index (χ0) is 12.3. The Balaban J connectivity index is 3.26. The number of hydrogen-bond donors (Lipinski definition) is 1. The van der Waals surface area contributed by atoms with Gasteiger partial charge in [0.15, 0.2) is 11.5 Å². The highest BCUT2D eigenvalue weighted by atomic mass is 19.4. The number of rotatable bonds is 2. The molecule has 86 valence electrons. The maximum absolute atomic E-state index is 12.0. The number of aromatic nitrogens is 1. The molecule has 8 heteroatoms. The molecule has 0 aliphatic rings. The van der Waals surface area contributed by atoms with Crippen molar-refractivity contribution in [3.63, 3.8) is 0 Å². The number of halogens is 3. The largest absolute Gasteiger partial charge is 0.573 e. The van der Waals surface area contributed by atoms with E-state index in [-0.39, 0.29) is 11.4 Å². The van der Waals surface area contributed by atoms with E-state index in [0.717, 1.165) is 13.3 Å². The number of alkyl halides is 3. The van der Waals surface area contributed by atoms with Crippen LogP contribution >= 0.6 is 0 Å². The summed E-state index contributed by atoms with van der Waals surface area (Å²) in [6.07, 6.45) is -4.15. The van der Waals surface area contributed by atoms with Gasteiger partial charge in [0.25, 0.3) is 0 Å². The Morgan fingerprint density at radius 1 is 1.50 bits per heavy atom. The van der Waals surface area contributed by atoms with E-state index in [4.69, 9.17) is 11.0 Å². The predicted octanol–water partition coefficient (Wildman–Crippen LogP) is 1.44. The van der Waals surface area contributed by atoms with E-state index >= 15 is 0 Å². The van der Waals surface area contributed by atoms with E-state index in [1.807, 2.05) is 0 Å². The second-order valence-corrected chi connectivity index (χ2v) is 2.58. The van der Waals surface area contributed by atoms with Gasteiger partial charge in [-0.2, -0.15) is 5.26 Å². The molecule has 0 radical (unpaired) electrons. The molecule has 0 aromatic carbocycles. The topological polar surface area (TPSA) is 81.2 Å². The van der Waals surface area contributed by atoms with Gasteiger partial charge in [0.1, 0.15) is 17.5 Å². The van der Waals surface area contributed by atoms with E-state index in [0.29, 0.717) is 0 Å². The molecule has 1 aromatic rings. The summed E-state index contributed by atoms with van der Waals surface area (Å²) in [7, 11) is 1.10. The van der Waals surface area contributed by atoms with Gasteiger partial charge in [-0.3, -0.25) is 0 Å². The fourth-order valence-corrected chi connectivity index (χ4v) is 0.999. The molecule has 0 saturated heterocycles. The highest BCUT2D eigenvalue weighted by Gasteiger charge is 2.33. The van der Waals surface area contributed by atoms with Crippen molar-refractivity contribution in [3.8, 4) is 17.6 Å². The summed E-state index contributed by atoms with van der Waals surface area (Å²) in [6.45, 7) is 0. The van der Waals surface area contributed by atoms with Crippen molar-refractivity contribution in [1.29, 1.82) is 5.26 Å². The fraction of sp³-hybridized carbons (Fsp3) is 0.250. The summed E-state index contributed by atoms with van der Waals surface area (Å²) < 4.78 is 44.2. The minimum atomic E-state index is -4.89. The third-order valence-electron chi connectivity index (χ3n) is 1.57. The van der Waals surface area contributed by atoms with E-state index in [1.165, 1.54) is 0 Å². The van der Waals surface area contributed by atoms with Crippen LogP contribution in [0, 0.1) is 11.3 Å². The lowest BCUT2D eigenvalue weighted by atomic mass is 10.2. The molecule has 16 heavy (non-hydrogen) atoms. The van der Waals surface area contributed by atoms with Crippen molar-refractivity contribution in [1.82, 2.24) is 4.98 Å². The van der Waals surface area contributed by atoms with Crippen LogP contribution < -0.4 is 15.2 Å². The van der Waals surface area contributed by atoms with Crippen LogP contribution in [-0.4, -0.2) is 18.5 Å². The van der Waals surface area contributed by atoms with Gasteiger partial charge in [-0.05, 0) is 0 Å². The predicted molar refractivity (Wildman–Crippen MR) is 46.6 cm³/mol. The highest BCUT2D eigenvalue weighted by Crippen LogP contribution is 2.35. The third kappa shape index (κ3) is 2.44. The molecule has 0 amide bonds. The summed E-state index contributed by atoms with van der Waals surface area (Å²) in [4.78, 5) is 3.39. The highest BCUT2D eigenvalue weighted by molar-refractivity contribution is 5.61. The van der Waals surface area contributed by atoms with Crippen molar-refractivity contribution >= 4 is 5.82 Å². The molecule has 1 rings (SSSR count). The molecule has 0 aliphatic carbocycles. The van der Waals surface area contributed by atoms with Gasteiger partial charge in [-0.15, -0.1) is 13.2 Å². The SMILES string of the molecule is COc1c(OC(F)(F)F)cnc(N)c1C#N. The number of nitriles is 1. The first kappa shape index (κ1) is 11.9. The number of nitrogens with two attached hydrogens (primary N) is 1. The van der Waals surface area contributed by atoms with Crippen LogP contribution in [0.1, 0.15) is 5.56 Å². The first-order valence-corrected chi connectivity index (χ1v) is 3.87. The second-order valence-electron chi connectivity index (χ2n) is 2.58. The van der Waals surface area contributed by atoms with E-state index in [2.05, 4.69) is 14.5 Å². The molecule has 2 N–H and O–H groups in total. The van der Waals surface area contributed by atoms with Crippen LogP contribution in [0.5, 0.6) is 11.5 Å². The smallest absolute Gasteiger partial charge is 0.491 e. The molecule has 0 aliphatic heterocycles. The molecule has 0 atom stereocenters. The number of nitrogen functional groups attached to an aromatic ring is 1. The van der Waals surface area contributed by atoms with Crippen LogP contribution in [0.2, 0.25) is 0 Å². The maximum atomic E-state index is 12.0. The number of nitrogens with zero attached hydrogens (tertiary/aromatic N) is 2. The monoisotopic (exact) mass is 233 g/mol. The average Bonchev–Trinajstić information content (AvgIpc) is 2.18. The van der Waals surface area contributed by atoms with Crippen LogP contribution in [-0.2, 0) is 0 Å². The van der Waals surface area contributed by atoms with E-state index in [9.17, 15) is 13.2 Å². The van der Waals surface area contributed by atoms with Gasteiger partial charge in [-0.25, -0.2) is 4.98 Å². The Morgan fingerprint density at radius 3 is 2.56 bits per heavy atom. The first-order chi connectivity index (χ1) is 7.39. The van der Waals surface area contributed by atoms with Crippen LogP contribution in [0.15, 0.2) is 6.20 Å². The average molecular weight is 233 g/mol. The quantitative estimate of drug-likeness (QED) is 0.835. The van der Waals surface area contributed by atoms with E-state index in [1.54, 1.807) is 6.07 Å². The lowest BCUT2D eigenvalue weighted by Gasteiger charge is -2.13. The number of pyridine rings is 1. The summed E-state index contributed by atoms with van der Waals surface area (Å²) >= 11 is 0. The minimum absolute atomic E-state index is 0.228. The summed E-state index contributed by atoms with van der Waals surface area (Å²) in [5.41, 5.74) is 4.99. The fourth-order valence-electron chi connectivity index (χ4n) is 0.999. The van der Waals surface area contributed by atoms with Gasteiger partial charge >= 0.3 is 6.36 Å². The Bertz CT molecular complexity index is 439. The van der Waals surface area contributed by atoms with Crippen molar-refractivity contribution in [2.45, 2.75) is 6.36 Å². The van der Waals surface area contributed by atoms with Crippen molar-refractivity contribution in [3.05, 3.63) is 11.8 Å². The van der Waals surface area contributed by atoms with Gasteiger partial charge in [0.05, 0.1) is 13.3 Å². The number of ether oxygens (including phenoxy) is 2. The molecular weight excluding hydrogens is 227 g/mol. The van der Waals surface area contributed by atoms with Crippen molar-refractivity contribution in [2.24, 2.45) is 0 Å². The number of anilines is 1. The second kappa shape index (κ2) is 4.14. The van der Waals surface area contributed by atoms with Gasteiger partial charge < -0.3 is 15.2 Å². The lowest BCUT2D eigenvalue weighted by Crippen LogP contribution is -2.18. The first-order valence-electron chi connectivity index (χ1n) is 3.87. The zero-order valence-corrected chi connectivity index (χ0v) is 8.00. The molecule has 0 spiro atoms. The molecule has 0 bridgehead atoms. The zero-order valence-electron chi connectivity index (χ0n) is 8.00. The third-order valence-corrected chi connectivity index (χ3v) is 1.57. The molecule has 1 aromatic heterocycles. The maximum Gasteiger partial charge on any atom is 0.573 e. The standard InChI is InChI=1S/C8H6F3N3O2/c1-15-6-4(2-12)7(13)14-3-5(6)16-8(9,10)11/h3H,1H3,(H2,13,14). The lowest BCUT2D eigenvalue weighted by molar-refractivity contribution is -0.275. The van der Waals surface area contributed by atoms with Crippen LogP contribution in [0.25, 0.3) is 0 Å². The molecule has 0 saturated carbocycles. The van der Waals surface area contributed by atoms with E-state index < -0.39 is 17.9 Å². The van der Waals surface area contributed by atoms with Crippen molar-refractivity contribution < 1.29 is 22.6 Å². The molecular formula is C8H6F3N3O2. The Kier molecular flexibility index (Phi) is 3.08. The normalized spacial score (nSPS) is 10.7. The van der Waals surface area contributed by atoms with Crippen LogP contribution in [0.4, 0.5) is 19.0 Å². The Labute approximate surface area is 88.2 Å². The Morgan fingerprint density at radius 2 is 2.12 bits per heavy atom. The number of hydrogen-bond acceptors (Lipinski definition) is 5. The minimum Gasteiger partial charge on any atom is -0.491 e. The van der Waals surface area contributed by atoms with Gasteiger partial charge in [0.2, 0.25) is 0 Å². The van der Waals surface area contributed by atoms with Gasteiger partial charge in [0, 0.05) is 0 Å². The van der Waals surface area contributed by atoms with Crippen LogP contribution in [0.3, 0.4) is 0 Å². The molecule has 0 fully saturated rings. The number of methoxy groups -OCH3 is 1. The van der Waals surface area contributed by atoms with Crippen molar-refractivity contribution in [2.75, 3.05) is 12.8 Å². The molecule has 0 unspecified atom stereocenters. The molecule has 5 nitrogen and oxygen atoms in total. The van der Waals surface area contributed by atoms with Gasteiger partial charge in [-0.1, -0.05) is 0 Å². The summed E-state index contributed by atoms with van der Waals surface area (Å²) in [5.74, 6) is -1.33. The summed E-state index contributed by atoms with van der Waals surface area (Å²) in [5, 5.41) is 8.67.